The number of carbonyl (C=O) groups is 2. The molecule has 0 atom stereocenters. The summed E-state index contributed by atoms with van der Waals surface area (Å²) in [6.07, 6.45) is 3.43. The van der Waals surface area contributed by atoms with Gasteiger partial charge in [-0.2, -0.15) is 5.10 Å². The number of hydrogen-bond acceptors (Lipinski definition) is 4. The zero-order valence-electron chi connectivity index (χ0n) is 15.6. The normalized spacial score (nSPS) is 13.3. The maximum Gasteiger partial charge on any atom is 0.251 e. The highest BCUT2D eigenvalue weighted by Gasteiger charge is 2.24. The molecule has 1 aliphatic rings. The van der Waals surface area contributed by atoms with Crippen LogP contribution in [0.4, 0.5) is 5.82 Å². The number of benzene rings is 2. The molecular weight excluding hydrogens is 411 g/mol. The van der Waals surface area contributed by atoms with Crippen molar-refractivity contribution in [1.29, 1.82) is 0 Å². The fourth-order valence-electron chi connectivity index (χ4n) is 2.99. The Hall–Kier alpha value is -2.83. The van der Waals surface area contributed by atoms with E-state index < -0.39 is 0 Å². The summed E-state index contributed by atoms with van der Waals surface area (Å²) in [5, 5.41) is 7.90. The summed E-state index contributed by atoms with van der Waals surface area (Å²) in [7, 11) is 0. The zero-order chi connectivity index (χ0) is 20.7. The summed E-state index contributed by atoms with van der Waals surface area (Å²) in [5.41, 5.74) is 8.88. The van der Waals surface area contributed by atoms with Crippen molar-refractivity contribution in [3.63, 3.8) is 0 Å². The molecule has 8 heteroatoms. The molecule has 4 rings (SSSR count). The number of nitrogens with zero attached hydrogens (tertiary/aromatic N) is 2. The highest BCUT2D eigenvalue weighted by atomic mass is 35.5. The summed E-state index contributed by atoms with van der Waals surface area (Å²) >= 11 is 11.9. The van der Waals surface area contributed by atoms with E-state index in [9.17, 15) is 9.59 Å². The lowest BCUT2D eigenvalue weighted by atomic mass is 10.1. The van der Waals surface area contributed by atoms with E-state index in [4.69, 9.17) is 28.9 Å². The van der Waals surface area contributed by atoms with E-state index in [1.54, 1.807) is 24.3 Å². The Bertz CT molecular complexity index is 1140. The third-order valence-corrected chi connectivity index (χ3v) is 5.58. The summed E-state index contributed by atoms with van der Waals surface area (Å²) < 4.78 is 1.47. The first-order valence-electron chi connectivity index (χ1n) is 9.10. The molecule has 29 heavy (non-hydrogen) atoms. The number of amides is 1. The Morgan fingerprint density at radius 1 is 1.10 bits per heavy atom. The third kappa shape index (κ3) is 3.86. The average molecular weight is 429 g/mol. The second-order valence-electron chi connectivity index (χ2n) is 7.06. The predicted octanol–water partition coefficient (Wildman–Crippen LogP) is 4.19. The van der Waals surface area contributed by atoms with Crippen LogP contribution in [0.1, 0.15) is 44.7 Å². The SMILES string of the molecule is Cc1ccc(C(=O)NC2CC2)cc1-n1ncc(C(=O)c2ccc(Cl)c(Cl)c2)c1N. The molecule has 3 N–H and O–H groups in total. The molecule has 1 saturated carbocycles. The predicted molar refractivity (Wildman–Crippen MR) is 113 cm³/mol. The number of rotatable bonds is 5. The van der Waals surface area contributed by atoms with E-state index in [1.807, 2.05) is 13.0 Å². The molecule has 1 aliphatic carbocycles. The zero-order valence-corrected chi connectivity index (χ0v) is 17.1. The van der Waals surface area contributed by atoms with Gasteiger partial charge in [0.05, 0.1) is 27.5 Å². The van der Waals surface area contributed by atoms with Crippen LogP contribution in [-0.4, -0.2) is 27.5 Å². The van der Waals surface area contributed by atoms with Gasteiger partial charge in [-0.25, -0.2) is 4.68 Å². The van der Waals surface area contributed by atoms with Crippen LogP contribution in [0.15, 0.2) is 42.6 Å². The second-order valence-corrected chi connectivity index (χ2v) is 7.88. The molecule has 2 aromatic carbocycles. The maximum atomic E-state index is 12.9. The third-order valence-electron chi connectivity index (χ3n) is 4.84. The Kier molecular flexibility index (Phi) is 5.06. The maximum absolute atomic E-state index is 12.9. The Morgan fingerprint density at radius 2 is 1.83 bits per heavy atom. The number of aryl methyl sites for hydroxylation is 1. The number of carbonyl (C=O) groups excluding carboxylic acids is 2. The van der Waals surface area contributed by atoms with Crippen molar-refractivity contribution in [2.24, 2.45) is 0 Å². The van der Waals surface area contributed by atoms with Crippen molar-refractivity contribution in [1.82, 2.24) is 15.1 Å². The minimum Gasteiger partial charge on any atom is -0.383 e. The number of nitrogens with two attached hydrogens (primary N) is 1. The first-order chi connectivity index (χ1) is 13.8. The number of nitrogens with one attached hydrogen (secondary N) is 1. The van der Waals surface area contributed by atoms with E-state index in [0.29, 0.717) is 21.8 Å². The van der Waals surface area contributed by atoms with Crippen LogP contribution < -0.4 is 11.1 Å². The molecule has 0 bridgehead atoms. The highest BCUT2D eigenvalue weighted by molar-refractivity contribution is 6.42. The first kappa shape index (κ1) is 19.5. The van der Waals surface area contributed by atoms with Gasteiger partial charge < -0.3 is 11.1 Å². The Labute approximate surface area is 177 Å². The van der Waals surface area contributed by atoms with Crippen molar-refractivity contribution >= 4 is 40.7 Å². The lowest BCUT2D eigenvalue weighted by Gasteiger charge is -2.11. The molecule has 0 saturated heterocycles. The molecule has 6 nitrogen and oxygen atoms in total. The van der Waals surface area contributed by atoms with Crippen molar-refractivity contribution in [3.05, 3.63) is 74.9 Å². The van der Waals surface area contributed by atoms with Crippen LogP contribution in [0.25, 0.3) is 5.69 Å². The fourth-order valence-corrected chi connectivity index (χ4v) is 3.29. The largest absolute Gasteiger partial charge is 0.383 e. The Morgan fingerprint density at radius 3 is 2.52 bits per heavy atom. The lowest BCUT2D eigenvalue weighted by molar-refractivity contribution is 0.0950. The van der Waals surface area contributed by atoms with E-state index in [0.717, 1.165) is 18.4 Å². The molecule has 1 aromatic heterocycles. The van der Waals surface area contributed by atoms with Crippen molar-refractivity contribution in [2.75, 3.05) is 5.73 Å². The van der Waals surface area contributed by atoms with Crippen molar-refractivity contribution < 1.29 is 9.59 Å². The molecule has 1 fully saturated rings. The first-order valence-corrected chi connectivity index (χ1v) is 9.86. The number of halogens is 2. The Balaban J connectivity index is 1.68. The van der Waals surface area contributed by atoms with E-state index >= 15 is 0 Å². The number of ketones is 1. The molecule has 0 radical (unpaired) electrons. The standard InChI is InChI=1S/C21H18Cl2N4O2/c1-11-2-3-13(21(29)26-14-5-6-14)9-18(11)27-20(24)15(10-25-27)19(28)12-4-7-16(22)17(23)8-12/h2-4,7-10,14H,5-6,24H2,1H3,(H,26,29). The molecule has 3 aromatic rings. The quantitative estimate of drug-likeness (QED) is 0.595. The van der Waals surface area contributed by atoms with Gasteiger partial charge in [0.15, 0.2) is 5.78 Å². The fraction of sp³-hybridized carbons (Fsp3) is 0.190. The molecule has 148 valence electrons. The van der Waals surface area contributed by atoms with Gasteiger partial charge >= 0.3 is 0 Å². The van der Waals surface area contributed by atoms with Gasteiger partial charge in [-0.05, 0) is 55.7 Å². The molecular formula is C21H18Cl2N4O2. The minimum atomic E-state index is -0.312. The van der Waals surface area contributed by atoms with Crippen LogP contribution in [-0.2, 0) is 0 Å². The van der Waals surface area contributed by atoms with Gasteiger partial charge in [0.2, 0.25) is 0 Å². The highest BCUT2D eigenvalue weighted by Crippen LogP contribution is 2.27. The van der Waals surface area contributed by atoms with E-state index in [2.05, 4.69) is 10.4 Å². The van der Waals surface area contributed by atoms with E-state index in [-0.39, 0.29) is 34.1 Å². The molecule has 1 heterocycles. The van der Waals surface area contributed by atoms with Gasteiger partial charge in [-0.3, -0.25) is 9.59 Å². The summed E-state index contributed by atoms with van der Waals surface area (Å²) in [6.45, 7) is 1.89. The summed E-state index contributed by atoms with van der Waals surface area (Å²) in [5.74, 6) is -0.261. The topological polar surface area (TPSA) is 90.0 Å². The number of hydrogen-bond donors (Lipinski definition) is 2. The molecule has 0 unspecified atom stereocenters. The smallest absolute Gasteiger partial charge is 0.251 e. The number of aromatic nitrogens is 2. The van der Waals surface area contributed by atoms with Crippen LogP contribution in [0.2, 0.25) is 10.0 Å². The number of anilines is 1. The lowest BCUT2D eigenvalue weighted by Crippen LogP contribution is -2.25. The van der Waals surface area contributed by atoms with Gasteiger partial charge in [0.25, 0.3) is 5.91 Å². The van der Waals surface area contributed by atoms with Crippen LogP contribution in [0, 0.1) is 6.92 Å². The van der Waals surface area contributed by atoms with E-state index in [1.165, 1.54) is 16.9 Å². The van der Waals surface area contributed by atoms with Crippen LogP contribution in [0.3, 0.4) is 0 Å². The van der Waals surface area contributed by atoms with Crippen molar-refractivity contribution in [3.8, 4) is 5.69 Å². The average Bonchev–Trinajstić information content (AvgIpc) is 3.43. The van der Waals surface area contributed by atoms with Gasteiger partial charge in [-0.1, -0.05) is 29.3 Å². The van der Waals surface area contributed by atoms with Crippen LogP contribution in [0.5, 0.6) is 0 Å². The summed E-state index contributed by atoms with van der Waals surface area (Å²) in [4.78, 5) is 25.2. The van der Waals surface area contributed by atoms with Crippen molar-refractivity contribution in [2.45, 2.75) is 25.8 Å². The minimum absolute atomic E-state index is 0.133. The van der Waals surface area contributed by atoms with Gasteiger partial charge in [0, 0.05) is 17.2 Å². The molecule has 0 aliphatic heterocycles. The summed E-state index contributed by atoms with van der Waals surface area (Å²) in [6, 6.07) is 10.2. The van der Waals surface area contributed by atoms with Gasteiger partial charge in [0.1, 0.15) is 5.82 Å². The second kappa shape index (κ2) is 7.54. The van der Waals surface area contributed by atoms with Crippen LogP contribution >= 0.6 is 23.2 Å². The molecule has 1 amide bonds. The monoisotopic (exact) mass is 428 g/mol. The van der Waals surface area contributed by atoms with Gasteiger partial charge in [-0.15, -0.1) is 0 Å². The number of nitrogen functional groups attached to an aromatic ring is 1. The molecule has 0 spiro atoms.